The van der Waals surface area contributed by atoms with Crippen molar-refractivity contribution in [2.45, 2.75) is 38.0 Å². The lowest BCUT2D eigenvalue weighted by Crippen LogP contribution is -2.34. The van der Waals surface area contributed by atoms with E-state index in [1.807, 2.05) is 6.92 Å². The summed E-state index contributed by atoms with van der Waals surface area (Å²) in [5.74, 6) is -0.563. The minimum Gasteiger partial charge on any atom is -0.396 e. The van der Waals surface area contributed by atoms with Crippen molar-refractivity contribution in [2.24, 2.45) is 0 Å². The van der Waals surface area contributed by atoms with Gasteiger partial charge in [-0.3, -0.25) is 0 Å². The molecule has 0 aliphatic carbocycles. The molecule has 6 heteroatoms. The maximum atomic E-state index is 13.3. The first-order valence-corrected chi connectivity index (χ1v) is 8.24. The summed E-state index contributed by atoms with van der Waals surface area (Å²) in [4.78, 5) is 0.00606. The fraction of sp³-hybridized carbons (Fsp3) is 0.571. The number of unbranched alkanes of at least 4 members (excludes halogenated alkanes) is 1. The van der Waals surface area contributed by atoms with Crippen molar-refractivity contribution in [3.63, 3.8) is 0 Å². The van der Waals surface area contributed by atoms with Crippen molar-refractivity contribution in [3.8, 4) is 0 Å². The Bertz CT molecular complexity index is 523. The summed E-state index contributed by atoms with van der Waals surface area (Å²) < 4.78 is 39.8. The number of hydrogen-bond acceptors (Lipinski definition) is 3. The standard InChI is InChI=1S/C14H22FNO3S/c1-3-4-8-16(9-5-10-17)20(18,19)14-11-13(15)7-6-12(14)2/h6-7,11,17H,3-5,8-10H2,1-2H3. The molecule has 0 fully saturated rings. The second-order valence-corrected chi connectivity index (χ2v) is 6.65. The minimum absolute atomic E-state index is 0.00606. The fourth-order valence-corrected chi connectivity index (χ4v) is 3.68. The van der Waals surface area contributed by atoms with Crippen LogP contribution in [0.1, 0.15) is 31.7 Å². The van der Waals surface area contributed by atoms with Crippen molar-refractivity contribution < 1.29 is 17.9 Å². The highest BCUT2D eigenvalue weighted by Crippen LogP contribution is 2.21. The molecule has 1 N–H and O–H groups in total. The van der Waals surface area contributed by atoms with Gasteiger partial charge in [0.25, 0.3) is 0 Å². The van der Waals surface area contributed by atoms with E-state index in [9.17, 15) is 12.8 Å². The molecular weight excluding hydrogens is 281 g/mol. The van der Waals surface area contributed by atoms with Gasteiger partial charge in [0.15, 0.2) is 0 Å². The zero-order valence-electron chi connectivity index (χ0n) is 12.0. The number of aryl methyl sites for hydroxylation is 1. The molecule has 0 radical (unpaired) electrons. The fourth-order valence-electron chi connectivity index (χ4n) is 1.92. The average Bonchev–Trinajstić information content (AvgIpc) is 2.41. The quantitative estimate of drug-likeness (QED) is 0.802. The number of aliphatic hydroxyl groups is 1. The van der Waals surface area contributed by atoms with Gasteiger partial charge in [0.1, 0.15) is 5.82 Å². The number of sulfonamides is 1. The summed E-state index contributed by atoms with van der Waals surface area (Å²) in [5.41, 5.74) is 0.525. The molecular formula is C14H22FNO3S. The monoisotopic (exact) mass is 303 g/mol. The van der Waals surface area contributed by atoms with Crippen LogP contribution in [0.4, 0.5) is 4.39 Å². The summed E-state index contributed by atoms with van der Waals surface area (Å²) in [7, 11) is -3.72. The molecule has 0 unspecified atom stereocenters. The van der Waals surface area contributed by atoms with Crippen molar-refractivity contribution >= 4 is 10.0 Å². The Morgan fingerprint density at radius 2 is 1.90 bits per heavy atom. The molecule has 0 amide bonds. The third-order valence-electron chi connectivity index (χ3n) is 3.09. The van der Waals surface area contributed by atoms with Gasteiger partial charge in [0.2, 0.25) is 10.0 Å². The van der Waals surface area contributed by atoms with Crippen LogP contribution in [0, 0.1) is 12.7 Å². The van der Waals surface area contributed by atoms with Crippen LogP contribution >= 0.6 is 0 Å². The van der Waals surface area contributed by atoms with Crippen molar-refractivity contribution in [1.29, 1.82) is 0 Å². The maximum Gasteiger partial charge on any atom is 0.243 e. The smallest absolute Gasteiger partial charge is 0.243 e. The van der Waals surface area contributed by atoms with E-state index in [0.29, 0.717) is 18.5 Å². The third kappa shape index (κ3) is 4.26. The first kappa shape index (κ1) is 17.1. The molecule has 0 atom stereocenters. The highest BCUT2D eigenvalue weighted by atomic mass is 32.2. The largest absolute Gasteiger partial charge is 0.396 e. The Balaban J connectivity index is 3.10. The number of nitrogens with zero attached hydrogens (tertiary/aromatic N) is 1. The van der Waals surface area contributed by atoms with Gasteiger partial charge in [-0.05, 0) is 37.5 Å². The lowest BCUT2D eigenvalue weighted by Gasteiger charge is -2.22. The third-order valence-corrected chi connectivity index (χ3v) is 5.14. The molecule has 0 aromatic heterocycles. The van der Waals surface area contributed by atoms with Crippen LogP contribution in [0.15, 0.2) is 23.1 Å². The van der Waals surface area contributed by atoms with E-state index in [1.165, 1.54) is 16.4 Å². The highest BCUT2D eigenvalue weighted by Gasteiger charge is 2.25. The normalized spacial score (nSPS) is 12.1. The minimum atomic E-state index is -3.72. The Kier molecular flexibility index (Phi) is 6.58. The van der Waals surface area contributed by atoms with Gasteiger partial charge in [-0.25, -0.2) is 12.8 Å². The average molecular weight is 303 g/mol. The van der Waals surface area contributed by atoms with Crippen LogP contribution in [-0.4, -0.2) is 37.5 Å². The molecule has 1 aromatic carbocycles. The van der Waals surface area contributed by atoms with Crippen LogP contribution < -0.4 is 0 Å². The Labute approximate surface area is 120 Å². The summed E-state index contributed by atoms with van der Waals surface area (Å²) in [6.45, 7) is 4.19. The lowest BCUT2D eigenvalue weighted by atomic mass is 10.2. The molecule has 1 rings (SSSR count). The number of rotatable bonds is 8. The van der Waals surface area contributed by atoms with E-state index in [1.54, 1.807) is 6.92 Å². The predicted octanol–water partition coefficient (Wildman–Crippen LogP) is 2.31. The predicted molar refractivity (Wildman–Crippen MR) is 76.5 cm³/mol. The van der Waals surface area contributed by atoms with Gasteiger partial charge >= 0.3 is 0 Å². The molecule has 0 aliphatic heterocycles. The Hall–Kier alpha value is -0.980. The van der Waals surface area contributed by atoms with Gasteiger partial charge in [-0.15, -0.1) is 0 Å². The molecule has 0 aliphatic rings. The van der Waals surface area contributed by atoms with E-state index in [2.05, 4.69) is 0 Å². The van der Waals surface area contributed by atoms with Crippen LogP contribution in [0.2, 0.25) is 0 Å². The van der Waals surface area contributed by atoms with E-state index in [0.717, 1.165) is 18.9 Å². The molecule has 0 saturated heterocycles. The molecule has 0 bridgehead atoms. The Morgan fingerprint density at radius 1 is 1.25 bits per heavy atom. The first-order chi connectivity index (χ1) is 9.43. The number of benzene rings is 1. The zero-order chi connectivity index (χ0) is 15.2. The molecule has 114 valence electrons. The van der Waals surface area contributed by atoms with Gasteiger partial charge in [0.05, 0.1) is 4.90 Å². The van der Waals surface area contributed by atoms with Crippen molar-refractivity contribution in [1.82, 2.24) is 4.31 Å². The van der Waals surface area contributed by atoms with Crippen LogP contribution in [0.25, 0.3) is 0 Å². The van der Waals surface area contributed by atoms with Crippen molar-refractivity contribution in [2.75, 3.05) is 19.7 Å². The van der Waals surface area contributed by atoms with E-state index in [-0.39, 0.29) is 18.0 Å². The van der Waals surface area contributed by atoms with E-state index >= 15 is 0 Å². The molecule has 4 nitrogen and oxygen atoms in total. The van der Waals surface area contributed by atoms with E-state index < -0.39 is 15.8 Å². The summed E-state index contributed by atoms with van der Waals surface area (Å²) in [5, 5.41) is 8.89. The molecule has 20 heavy (non-hydrogen) atoms. The van der Waals surface area contributed by atoms with Gasteiger partial charge in [-0.1, -0.05) is 19.4 Å². The second kappa shape index (κ2) is 7.71. The molecule has 0 saturated carbocycles. The van der Waals surface area contributed by atoms with Gasteiger partial charge in [0, 0.05) is 19.7 Å². The number of halogens is 1. The summed E-state index contributed by atoms with van der Waals surface area (Å²) in [6.07, 6.45) is 1.98. The summed E-state index contributed by atoms with van der Waals surface area (Å²) >= 11 is 0. The summed E-state index contributed by atoms with van der Waals surface area (Å²) in [6, 6.07) is 3.77. The van der Waals surface area contributed by atoms with Crippen LogP contribution in [0.5, 0.6) is 0 Å². The van der Waals surface area contributed by atoms with Crippen LogP contribution in [-0.2, 0) is 10.0 Å². The SMILES string of the molecule is CCCCN(CCCO)S(=O)(=O)c1cc(F)ccc1C. The highest BCUT2D eigenvalue weighted by molar-refractivity contribution is 7.89. The van der Waals surface area contributed by atoms with E-state index in [4.69, 9.17) is 5.11 Å². The zero-order valence-corrected chi connectivity index (χ0v) is 12.8. The van der Waals surface area contributed by atoms with Crippen molar-refractivity contribution in [3.05, 3.63) is 29.6 Å². The first-order valence-electron chi connectivity index (χ1n) is 6.80. The molecule has 0 spiro atoms. The molecule has 1 aromatic rings. The maximum absolute atomic E-state index is 13.3. The van der Waals surface area contributed by atoms with Crippen LogP contribution in [0.3, 0.4) is 0 Å². The van der Waals surface area contributed by atoms with Gasteiger partial charge < -0.3 is 5.11 Å². The Morgan fingerprint density at radius 3 is 2.50 bits per heavy atom. The number of aliphatic hydroxyl groups excluding tert-OH is 1. The lowest BCUT2D eigenvalue weighted by molar-refractivity contribution is 0.268. The second-order valence-electron chi connectivity index (χ2n) is 4.74. The van der Waals surface area contributed by atoms with Gasteiger partial charge in [-0.2, -0.15) is 4.31 Å². The topological polar surface area (TPSA) is 57.6 Å². The number of hydrogen-bond donors (Lipinski definition) is 1. The molecule has 0 heterocycles.